The number of allylic oxidation sites excluding steroid dienone is 1. The zero-order valence-electron chi connectivity index (χ0n) is 38.8. The number of hydrazone groups is 2. The molecule has 15 nitrogen and oxygen atoms in total. The summed E-state index contributed by atoms with van der Waals surface area (Å²) in [6.45, 7) is 2.40. The molecule has 25 heteroatoms. The summed E-state index contributed by atoms with van der Waals surface area (Å²) in [7, 11) is 0. The predicted octanol–water partition coefficient (Wildman–Crippen LogP) is 11.0. The third-order valence-electron chi connectivity index (χ3n) is 11.4. The van der Waals surface area contributed by atoms with Crippen molar-refractivity contribution in [1.29, 1.82) is 0 Å². The number of nitrogens with zero attached hydrogens (tertiary/aromatic N) is 12. The molecule has 0 unspecified atom stereocenters. The molecule has 0 aromatic carbocycles. The molecule has 2 atom stereocenters. The van der Waals surface area contributed by atoms with E-state index in [-0.39, 0.29) is 66.6 Å². The Balaban J connectivity index is 0.000000167. The predicted molar refractivity (Wildman–Crippen MR) is 283 cm³/mol. The SMILES string of the molecule is Fc1nc(Cl)ccc1C=C1CCC1.Fc1nc(Cl)ccc1C=C1CNC1.O=C(N1CC(=Cc2ccc(Cl)nc2F)C1)N1N=CC[C@H]1c1cncc(F)c1.O=C(N1N=CC[C@H]1c1cncc(F)c1)n1ccnc1.S.S. The van der Waals surface area contributed by atoms with E-state index in [2.05, 4.69) is 45.4 Å². The Morgan fingerprint density at radius 3 is 1.45 bits per heavy atom. The molecule has 386 valence electrons. The zero-order chi connectivity index (χ0) is 50.7. The van der Waals surface area contributed by atoms with Gasteiger partial charge in [0.2, 0.25) is 17.8 Å². The number of amides is 3. The van der Waals surface area contributed by atoms with Crippen LogP contribution >= 0.6 is 61.8 Å². The van der Waals surface area contributed by atoms with E-state index in [1.807, 2.05) is 6.08 Å². The number of carbonyl (C=O) groups is 2. The van der Waals surface area contributed by atoms with Crippen LogP contribution in [0, 0.1) is 29.5 Å². The van der Waals surface area contributed by atoms with E-state index in [4.69, 9.17) is 34.8 Å². The van der Waals surface area contributed by atoms with E-state index in [1.54, 1.807) is 59.8 Å². The van der Waals surface area contributed by atoms with Gasteiger partial charge in [-0.2, -0.15) is 50.4 Å². The van der Waals surface area contributed by atoms with Crippen LogP contribution in [0.4, 0.5) is 31.5 Å². The number of rotatable bonds is 5. The number of likely N-dealkylation sites (tertiary alicyclic amines) is 1. The first-order valence-electron chi connectivity index (χ1n) is 22.2. The highest BCUT2D eigenvalue weighted by Crippen LogP contribution is 2.32. The third-order valence-corrected chi connectivity index (χ3v) is 12.0. The highest BCUT2D eigenvalue weighted by Gasteiger charge is 2.36. The van der Waals surface area contributed by atoms with Gasteiger partial charge in [0.25, 0.3) is 0 Å². The van der Waals surface area contributed by atoms with Gasteiger partial charge in [-0.05, 0) is 102 Å². The van der Waals surface area contributed by atoms with Gasteiger partial charge in [-0.3, -0.25) is 14.5 Å². The standard InChI is InChI=1S/C18H14ClF2N5O.C12H10FN5O.C10H9ClFN.C9H8ClFN2.2H2S/c19-16-2-1-12(17(21)24-16)5-11-9-25(10-11)18(27)26-15(3-4-23-26)13-6-14(20)8-22-7-13;13-10-5-9(6-15-7-10)11-1-2-16-18(11)12(19)17-4-3-14-8-17;11-9-5-4-8(10(12)13-9)6-7-2-1-3-7;10-8-2-1-7(9(11)13-8)3-6-4-12-5-6;;/h1-2,4-8,15H,3,9-10H2;2-8,11H,1H2;4-6H,1-3H2;1-3,12H,4-5H2;2*1H2/t15-;11-;;;;/m00..../s1. The average molecular weight is 1110 g/mol. The van der Waals surface area contributed by atoms with Gasteiger partial charge < -0.3 is 10.2 Å². The number of hydrogen-bond acceptors (Lipinski definition) is 11. The second kappa shape index (κ2) is 26.6. The van der Waals surface area contributed by atoms with Gasteiger partial charge in [0.15, 0.2) is 0 Å². The summed E-state index contributed by atoms with van der Waals surface area (Å²) < 4.78 is 68.0. The Hall–Kier alpha value is -6.56. The molecule has 1 N–H and O–H groups in total. The lowest BCUT2D eigenvalue weighted by molar-refractivity contribution is 0.136. The van der Waals surface area contributed by atoms with Crippen molar-refractivity contribution in [2.45, 2.75) is 44.2 Å². The number of pyridine rings is 5. The molecule has 2 saturated heterocycles. The van der Waals surface area contributed by atoms with Crippen molar-refractivity contribution in [1.82, 2.24) is 54.7 Å². The number of urea groups is 1. The maximum atomic E-state index is 13.8. The zero-order valence-corrected chi connectivity index (χ0v) is 43.0. The summed E-state index contributed by atoms with van der Waals surface area (Å²) in [5.74, 6) is -2.53. The molecule has 1 saturated carbocycles. The molecule has 5 aliphatic rings. The lowest BCUT2D eigenvalue weighted by Crippen LogP contribution is -2.49. The fourth-order valence-electron chi connectivity index (χ4n) is 7.43. The molecular weight excluding hydrogens is 1070 g/mol. The lowest BCUT2D eigenvalue weighted by Gasteiger charge is -2.37. The molecule has 6 aromatic rings. The van der Waals surface area contributed by atoms with Gasteiger partial charge in [-0.25, -0.2) is 48.3 Å². The summed E-state index contributed by atoms with van der Waals surface area (Å²) in [4.78, 5) is 48.5. The first-order valence-corrected chi connectivity index (χ1v) is 23.3. The van der Waals surface area contributed by atoms with E-state index in [9.17, 15) is 31.5 Å². The number of halogens is 8. The number of nitrogens with one attached hydrogen (secondary N) is 1. The summed E-state index contributed by atoms with van der Waals surface area (Å²) >= 11 is 16.7. The van der Waals surface area contributed by atoms with E-state index in [0.29, 0.717) is 53.7 Å². The Labute approximate surface area is 450 Å². The first kappa shape index (κ1) is 56.7. The summed E-state index contributed by atoms with van der Waals surface area (Å²) in [5.41, 5.74) is 5.94. The van der Waals surface area contributed by atoms with Crippen LogP contribution in [-0.4, -0.2) is 100 Å². The van der Waals surface area contributed by atoms with Crippen LogP contribution < -0.4 is 5.32 Å². The fraction of sp³-hybridized carbons (Fsp3) is 0.224. The van der Waals surface area contributed by atoms with Gasteiger partial charge in [0.1, 0.15) is 33.4 Å². The number of hydrogen-bond donors (Lipinski definition) is 1. The third kappa shape index (κ3) is 14.8. The van der Waals surface area contributed by atoms with Gasteiger partial charge in [0.05, 0.1) is 24.5 Å². The molecule has 0 radical (unpaired) electrons. The van der Waals surface area contributed by atoms with E-state index >= 15 is 0 Å². The van der Waals surface area contributed by atoms with Gasteiger partial charge in [0, 0.05) is 92.9 Å². The van der Waals surface area contributed by atoms with Crippen LogP contribution in [-0.2, 0) is 0 Å². The Kier molecular flexibility index (Phi) is 20.4. The Morgan fingerprint density at radius 1 is 0.595 bits per heavy atom. The summed E-state index contributed by atoms with van der Waals surface area (Å²) in [5, 5.41) is 14.3. The highest BCUT2D eigenvalue weighted by atomic mass is 35.5. The Morgan fingerprint density at radius 2 is 1.05 bits per heavy atom. The van der Waals surface area contributed by atoms with Crippen molar-refractivity contribution in [3.05, 3.63) is 182 Å². The first-order chi connectivity index (χ1) is 34.8. The van der Waals surface area contributed by atoms with Crippen LogP contribution in [0.2, 0.25) is 15.5 Å². The molecule has 3 fully saturated rings. The maximum Gasteiger partial charge on any atom is 0.350 e. The minimum absolute atomic E-state index is 0. The summed E-state index contributed by atoms with van der Waals surface area (Å²) in [6, 6.07) is 10.9. The highest BCUT2D eigenvalue weighted by molar-refractivity contribution is 7.59. The Bertz CT molecular complexity index is 3030. The monoisotopic (exact) mass is 1110 g/mol. The molecule has 4 aliphatic heterocycles. The van der Waals surface area contributed by atoms with E-state index < -0.39 is 29.5 Å². The fourth-order valence-corrected chi connectivity index (χ4v) is 7.84. The van der Waals surface area contributed by atoms with Crippen LogP contribution in [0.15, 0.2) is 119 Å². The van der Waals surface area contributed by atoms with Gasteiger partial charge in [-0.15, -0.1) is 0 Å². The average Bonchev–Trinajstić information content (AvgIpc) is 4.13. The molecular formula is C49H45Cl3F5N13O2S2. The molecule has 11 rings (SSSR count). The molecule has 74 heavy (non-hydrogen) atoms. The van der Waals surface area contributed by atoms with Gasteiger partial charge >= 0.3 is 12.1 Å². The number of aromatic nitrogens is 7. The van der Waals surface area contributed by atoms with Crippen LogP contribution in [0.5, 0.6) is 0 Å². The van der Waals surface area contributed by atoms with Crippen molar-refractivity contribution < 1.29 is 31.5 Å². The van der Waals surface area contributed by atoms with Crippen molar-refractivity contribution in [3.8, 4) is 0 Å². The molecule has 10 heterocycles. The van der Waals surface area contributed by atoms with Crippen molar-refractivity contribution in [2.24, 2.45) is 10.2 Å². The van der Waals surface area contributed by atoms with Crippen LogP contribution in [0.1, 0.15) is 72.0 Å². The minimum Gasteiger partial charge on any atom is -0.315 e. The smallest absolute Gasteiger partial charge is 0.315 e. The van der Waals surface area contributed by atoms with Crippen molar-refractivity contribution >= 4 is 105 Å². The second-order valence-electron chi connectivity index (χ2n) is 16.5. The lowest BCUT2D eigenvalue weighted by atomic mass is 9.91. The van der Waals surface area contributed by atoms with Crippen molar-refractivity contribution in [3.63, 3.8) is 0 Å². The second-order valence-corrected chi connectivity index (χ2v) is 17.6. The van der Waals surface area contributed by atoms with Gasteiger partial charge in [-0.1, -0.05) is 46.5 Å². The topological polar surface area (TPSA) is 163 Å². The largest absolute Gasteiger partial charge is 0.350 e. The van der Waals surface area contributed by atoms with Crippen LogP contribution in [0.3, 0.4) is 0 Å². The quantitative estimate of drug-likeness (QED) is 0.131. The summed E-state index contributed by atoms with van der Waals surface area (Å²) in [6.07, 6.45) is 22.7. The molecule has 3 amide bonds. The molecule has 0 bridgehead atoms. The van der Waals surface area contributed by atoms with Crippen LogP contribution in [0.25, 0.3) is 18.2 Å². The molecule has 1 aliphatic carbocycles. The molecule has 6 aromatic heterocycles. The van der Waals surface area contributed by atoms with E-state index in [1.165, 1.54) is 81.5 Å². The minimum atomic E-state index is -0.650. The normalized spacial score (nSPS) is 16.8. The number of imidazole rings is 1. The van der Waals surface area contributed by atoms with E-state index in [0.717, 1.165) is 43.9 Å². The van der Waals surface area contributed by atoms with Crippen molar-refractivity contribution in [2.75, 3.05) is 26.2 Å². The number of carbonyl (C=O) groups excluding carboxylic acids is 2. The maximum absolute atomic E-state index is 13.8. The molecule has 0 spiro atoms.